The molecule has 5 heteroatoms. The Balaban J connectivity index is 1.64. The first kappa shape index (κ1) is 15.9. The van der Waals surface area contributed by atoms with Crippen LogP contribution < -0.4 is 5.32 Å². The van der Waals surface area contributed by atoms with Gasteiger partial charge in [0.2, 0.25) is 0 Å². The van der Waals surface area contributed by atoms with Gasteiger partial charge in [0.1, 0.15) is 12.1 Å². The molecule has 0 atom stereocenters. The molecule has 3 nitrogen and oxygen atoms in total. The molecule has 1 N–H and O–H groups in total. The zero-order valence-electron chi connectivity index (χ0n) is 12.8. The van der Waals surface area contributed by atoms with E-state index in [0.29, 0.717) is 18.5 Å². The highest BCUT2D eigenvalue weighted by molar-refractivity contribution is 5.88. The average Bonchev–Trinajstić information content (AvgIpc) is 2.62. The van der Waals surface area contributed by atoms with Gasteiger partial charge in [0.05, 0.1) is 5.52 Å². The number of aromatic nitrogens is 2. The van der Waals surface area contributed by atoms with Gasteiger partial charge in [0.25, 0.3) is 6.43 Å². The minimum absolute atomic E-state index is 0.0280. The summed E-state index contributed by atoms with van der Waals surface area (Å²) in [5.41, 5.74) is 1.21. The number of benzene rings is 2. The summed E-state index contributed by atoms with van der Waals surface area (Å²) < 4.78 is 25.8. The van der Waals surface area contributed by atoms with E-state index < -0.39 is 6.43 Å². The van der Waals surface area contributed by atoms with E-state index >= 15 is 0 Å². The van der Waals surface area contributed by atoms with Crippen LogP contribution in [0.3, 0.4) is 0 Å². The molecule has 0 saturated heterocycles. The molecule has 0 radical (unpaired) electrons. The van der Waals surface area contributed by atoms with Crippen LogP contribution in [0.15, 0.2) is 54.9 Å². The molecule has 2 aromatic carbocycles. The molecule has 120 valence electrons. The Labute approximate surface area is 138 Å². The summed E-state index contributed by atoms with van der Waals surface area (Å²) >= 11 is 0. The van der Waals surface area contributed by atoms with Crippen molar-refractivity contribution in [2.75, 3.05) is 11.9 Å². The van der Waals surface area contributed by atoms with Gasteiger partial charge >= 0.3 is 0 Å². The molecular formula is C19H15F2N3. The molecule has 1 heterocycles. The van der Waals surface area contributed by atoms with E-state index in [9.17, 15) is 8.78 Å². The zero-order valence-corrected chi connectivity index (χ0v) is 12.8. The quantitative estimate of drug-likeness (QED) is 0.570. The Kier molecular flexibility index (Phi) is 4.97. The third kappa shape index (κ3) is 3.66. The fourth-order valence-electron chi connectivity index (χ4n) is 2.35. The van der Waals surface area contributed by atoms with Gasteiger partial charge in [-0.2, -0.15) is 0 Å². The number of anilines is 1. The molecule has 0 amide bonds. The molecule has 0 spiro atoms. The normalized spacial score (nSPS) is 10.5. The Hall–Kier alpha value is -3.00. The first-order valence-electron chi connectivity index (χ1n) is 7.55. The maximum atomic E-state index is 12.9. The highest BCUT2D eigenvalue weighted by Crippen LogP contribution is 2.22. The van der Waals surface area contributed by atoms with Gasteiger partial charge in [0, 0.05) is 29.5 Å². The van der Waals surface area contributed by atoms with E-state index in [4.69, 9.17) is 0 Å². The van der Waals surface area contributed by atoms with Crippen LogP contribution in [0.1, 0.15) is 24.0 Å². The van der Waals surface area contributed by atoms with Crippen molar-refractivity contribution in [2.45, 2.75) is 12.8 Å². The third-order valence-corrected chi connectivity index (χ3v) is 3.50. The van der Waals surface area contributed by atoms with E-state index in [1.807, 2.05) is 24.3 Å². The third-order valence-electron chi connectivity index (χ3n) is 3.50. The molecule has 3 aromatic rings. The van der Waals surface area contributed by atoms with Gasteiger partial charge in [-0.05, 0) is 18.2 Å². The molecule has 0 aliphatic heterocycles. The SMILES string of the molecule is FC(F)c1ccccc1C#CCCNc1ncnc2ccccc12. The highest BCUT2D eigenvalue weighted by atomic mass is 19.3. The highest BCUT2D eigenvalue weighted by Gasteiger charge is 2.09. The number of alkyl halides is 2. The molecule has 24 heavy (non-hydrogen) atoms. The van der Waals surface area contributed by atoms with Gasteiger partial charge in [-0.15, -0.1) is 0 Å². The van der Waals surface area contributed by atoms with Crippen LogP contribution >= 0.6 is 0 Å². The second kappa shape index (κ2) is 7.51. The average molecular weight is 323 g/mol. The minimum Gasteiger partial charge on any atom is -0.368 e. The minimum atomic E-state index is -2.51. The monoisotopic (exact) mass is 323 g/mol. The molecule has 1 aromatic heterocycles. The Morgan fingerprint density at radius 3 is 2.67 bits per heavy atom. The summed E-state index contributed by atoms with van der Waals surface area (Å²) in [6.45, 7) is 0.574. The van der Waals surface area contributed by atoms with Gasteiger partial charge < -0.3 is 5.32 Å². The summed E-state index contributed by atoms with van der Waals surface area (Å²) in [6, 6.07) is 14.0. The van der Waals surface area contributed by atoms with Gasteiger partial charge in [-0.1, -0.05) is 42.2 Å². The summed E-state index contributed by atoms with van der Waals surface area (Å²) in [5, 5.41) is 4.15. The van der Waals surface area contributed by atoms with Crippen molar-refractivity contribution in [2.24, 2.45) is 0 Å². The molecule has 3 rings (SSSR count). The smallest absolute Gasteiger partial charge is 0.265 e. The lowest BCUT2D eigenvalue weighted by molar-refractivity contribution is 0.151. The number of hydrogen-bond donors (Lipinski definition) is 1. The van der Waals surface area contributed by atoms with Gasteiger partial charge in [-0.25, -0.2) is 18.7 Å². The van der Waals surface area contributed by atoms with Crippen LogP contribution in [0.5, 0.6) is 0 Å². The van der Waals surface area contributed by atoms with E-state index in [1.54, 1.807) is 18.2 Å². The summed E-state index contributed by atoms with van der Waals surface area (Å²) in [5.74, 6) is 6.49. The van der Waals surface area contributed by atoms with Crippen LogP contribution in [-0.2, 0) is 0 Å². The fourth-order valence-corrected chi connectivity index (χ4v) is 2.35. The van der Waals surface area contributed by atoms with Crippen molar-refractivity contribution in [1.82, 2.24) is 9.97 Å². The lowest BCUT2D eigenvalue weighted by Crippen LogP contribution is -2.03. The standard InChI is InChI=1S/C19H15F2N3/c20-18(21)15-9-2-1-7-14(15)8-5-6-12-22-19-16-10-3-4-11-17(16)23-13-24-19/h1-4,7,9-11,13,18H,6,12H2,(H,22,23,24). The second-order valence-corrected chi connectivity index (χ2v) is 5.11. The molecule has 0 fully saturated rings. The van der Waals surface area contributed by atoms with Crippen LogP contribution in [0.4, 0.5) is 14.6 Å². The van der Waals surface area contributed by atoms with Crippen LogP contribution in [0, 0.1) is 11.8 Å². The number of para-hydroxylation sites is 1. The first-order valence-corrected chi connectivity index (χ1v) is 7.55. The zero-order chi connectivity index (χ0) is 16.8. The predicted octanol–water partition coefficient (Wildman–Crippen LogP) is 4.42. The van der Waals surface area contributed by atoms with Crippen molar-refractivity contribution in [3.05, 3.63) is 66.0 Å². The number of nitrogens with zero attached hydrogens (tertiary/aromatic N) is 2. The largest absolute Gasteiger partial charge is 0.368 e. The van der Waals surface area contributed by atoms with E-state index in [0.717, 1.165) is 16.7 Å². The maximum absolute atomic E-state index is 12.9. The van der Waals surface area contributed by atoms with Crippen LogP contribution in [-0.4, -0.2) is 16.5 Å². The predicted molar refractivity (Wildman–Crippen MR) is 90.9 cm³/mol. The lowest BCUT2D eigenvalue weighted by Gasteiger charge is -2.06. The van der Waals surface area contributed by atoms with Crippen molar-refractivity contribution >= 4 is 16.7 Å². The lowest BCUT2D eigenvalue weighted by atomic mass is 10.1. The topological polar surface area (TPSA) is 37.8 Å². The second-order valence-electron chi connectivity index (χ2n) is 5.11. The first-order chi connectivity index (χ1) is 11.8. The van der Waals surface area contributed by atoms with E-state index in [-0.39, 0.29) is 5.56 Å². The summed E-state index contributed by atoms with van der Waals surface area (Å²) in [7, 11) is 0. The van der Waals surface area contributed by atoms with Gasteiger partial charge in [0.15, 0.2) is 0 Å². The van der Waals surface area contributed by atoms with Crippen molar-refractivity contribution in [3.63, 3.8) is 0 Å². The molecule has 0 aliphatic rings. The van der Waals surface area contributed by atoms with Crippen LogP contribution in [0.25, 0.3) is 10.9 Å². The summed E-state index contributed by atoms with van der Waals surface area (Å²) in [4.78, 5) is 8.43. The number of hydrogen-bond acceptors (Lipinski definition) is 3. The fraction of sp³-hybridized carbons (Fsp3) is 0.158. The van der Waals surface area contributed by atoms with E-state index in [1.165, 1.54) is 12.4 Å². The number of halogens is 2. The summed E-state index contributed by atoms with van der Waals surface area (Å²) in [6.07, 6.45) is -0.480. The van der Waals surface area contributed by atoms with Crippen molar-refractivity contribution < 1.29 is 8.78 Å². The number of fused-ring (bicyclic) bond motifs is 1. The van der Waals surface area contributed by atoms with Crippen molar-refractivity contribution in [1.29, 1.82) is 0 Å². The molecule has 0 unspecified atom stereocenters. The van der Waals surface area contributed by atoms with Crippen molar-refractivity contribution in [3.8, 4) is 11.8 Å². The Morgan fingerprint density at radius 1 is 1.00 bits per heavy atom. The molecule has 0 bridgehead atoms. The number of nitrogens with one attached hydrogen (secondary N) is 1. The Morgan fingerprint density at radius 2 is 1.79 bits per heavy atom. The molecule has 0 aliphatic carbocycles. The van der Waals surface area contributed by atoms with E-state index in [2.05, 4.69) is 27.1 Å². The molecule has 0 saturated carbocycles. The molecular weight excluding hydrogens is 308 g/mol. The number of rotatable bonds is 4. The van der Waals surface area contributed by atoms with Crippen LogP contribution in [0.2, 0.25) is 0 Å². The maximum Gasteiger partial charge on any atom is 0.265 e. The van der Waals surface area contributed by atoms with Gasteiger partial charge in [-0.3, -0.25) is 0 Å². The Bertz CT molecular complexity index is 892.